The predicted molar refractivity (Wildman–Crippen MR) is 54.1 cm³/mol. The maximum Gasteiger partial charge on any atom is 0.246 e. The van der Waals surface area contributed by atoms with Gasteiger partial charge in [-0.3, -0.25) is 4.79 Å². The van der Waals surface area contributed by atoms with Crippen LogP contribution in [0.15, 0.2) is 30.3 Å². The number of ether oxygens (including phenoxy) is 1. The number of carbonyl (C=O) groups excluding carboxylic acids is 2. The fourth-order valence-corrected chi connectivity index (χ4v) is 1.07. The molecule has 0 spiro atoms. The second-order valence-electron chi connectivity index (χ2n) is 3.13. The third-order valence-electron chi connectivity index (χ3n) is 1.79. The maximum atomic E-state index is 11.1. The van der Waals surface area contributed by atoms with E-state index in [0.717, 1.165) is 5.56 Å². The van der Waals surface area contributed by atoms with Crippen molar-refractivity contribution in [3.05, 3.63) is 35.9 Å². The SMILES string of the molecule is O=C([O-])COCC(=O)NCc1ccccc1. The van der Waals surface area contributed by atoms with Crippen LogP contribution in [0.5, 0.6) is 0 Å². The first kappa shape index (κ1) is 12.2. The summed E-state index contributed by atoms with van der Waals surface area (Å²) >= 11 is 0. The summed E-state index contributed by atoms with van der Waals surface area (Å²) < 4.78 is 4.57. The number of carbonyl (C=O) groups is 2. The summed E-state index contributed by atoms with van der Waals surface area (Å²) in [5, 5.41) is 12.6. The van der Waals surface area contributed by atoms with Crippen molar-refractivity contribution in [2.75, 3.05) is 13.2 Å². The zero-order valence-electron chi connectivity index (χ0n) is 8.64. The van der Waals surface area contributed by atoms with Gasteiger partial charge < -0.3 is 20.0 Å². The number of hydrogen-bond donors (Lipinski definition) is 1. The highest BCUT2D eigenvalue weighted by atomic mass is 16.5. The lowest BCUT2D eigenvalue weighted by Gasteiger charge is -2.06. The Morgan fingerprint density at radius 3 is 2.50 bits per heavy atom. The third kappa shape index (κ3) is 5.11. The van der Waals surface area contributed by atoms with E-state index in [1.165, 1.54) is 0 Å². The van der Waals surface area contributed by atoms with E-state index in [0.29, 0.717) is 6.54 Å². The fraction of sp³-hybridized carbons (Fsp3) is 0.273. The van der Waals surface area contributed by atoms with Crippen LogP contribution in [-0.2, 0) is 20.9 Å². The van der Waals surface area contributed by atoms with Gasteiger partial charge in [-0.05, 0) is 5.56 Å². The molecule has 1 N–H and O–H groups in total. The van der Waals surface area contributed by atoms with Gasteiger partial charge in [0.1, 0.15) is 6.61 Å². The Bertz CT molecular complexity index is 350. The van der Waals surface area contributed by atoms with Gasteiger partial charge in [-0.1, -0.05) is 30.3 Å². The molecule has 0 atom stereocenters. The second-order valence-corrected chi connectivity index (χ2v) is 3.13. The van der Waals surface area contributed by atoms with Crippen LogP contribution in [0.25, 0.3) is 0 Å². The zero-order chi connectivity index (χ0) is 11.8. The minimum atomic E-state index is -1.34. The fourth-order valence-electron chi connectivity index (χ4n) is 1.07. The van der Waals surface area contributed by atoms with Crippen molar-refractivity contribution < 1.29 is 19.4 Å². The van der Waals surface area contributed by atoms with E-state index in [9.17, 15) is 14.7 Å². The first-order chi connectivity index (χ1) is 7.68. The highest BCUT2D eigenvalue weighted by Crippen LogP contribution is 1.96. The minimum Gasteiger partial charge on any atom is -0.548 e. The summed E-state index contributed by atoms with van der Waals surface area (Å²) in [6, 6.07) is 9.38. The Kier molecular flexibility index (Phi) is 5.01. The minimum absolute atomic E-state index is 0.277. The Morgan fingerprint density at radius 1 is 1.19 bits per heavy atom. The molecule has 0 saturated heterocycles. The van der Waals surface area contributed by atoms with Gasteiger partial charge in [0.2, 0.25) is 5.91 Å². The van der Waals surface area contributed by atoms with Crippen molar-refractivity contribution in [1.29, 1.82) is 0 Å². The van der Waals surface area contributed by atoms with Crippen molar-refractivity contribution >= 4 is 11.9 Å². The van der Waals surface area contributed by atoms with E-state index in [1.54, 1.807) is 0 Å². The van der Waals surface area contributed by atoms with E-state index < -0.39 is 12.6 Å². The molecule has 1 aromatic rings. The van der Waals surface area contributed by atoms with E-state index in [4.69, 9.17) is 0 Å². The number of rotatable bonds is 6. The number of benzene rings is 1. The lowest BCUT2D eigenvalue weighted by atomic mass is 10.2. The lowest BCUT2D eigenvalue weighted by Crippen LogP contribution is -2.32. The first-order valence-corrected chi connectivity index (χ1v) is 4.76. The molecular weight excluding hydrogens is 210 g/mol. The smallest absolute Gasteiger partial charge is 0.246 e. The van der Waals surface area contributed by atoms with Gasteiger partial charge in [-0.2, -0.15) is 0 Å². The quantitative estimate of drug-likeness (QED) is 0.674. The van der Waals surface area contributed by atoms with E-state index in [-0.39, 0.29) is 12.5 Å². The van der Waals surface area contributed by atoms with Gasteiger partial charge in [0, 0.05) is 6.54 Å². The number of amides is 1. The molecule has 16 heavy (non-hydrogen) atoms. The van der Waals surface area contributed by atoms with Crippen molar-refractivity contribution in [2.24, 2.45) is 0 Å². The molecule has 0 radical (unpaired) electrons. The van der Waals surface area contributed by atoms with Crippen LogP contribution < -0.4 is 10.4 Å². The molecular formula is C11H12NO4-. The summed E-state index contributed by atoms with van der Waals surface area (Å²) in [4.78, 5) is 21.1. The van der Waals surface area contributed by atoms with Gasteiger partial charge >= 0.3 is 0 Å². The molecule has 5 heteroatoms. The predicted octanol–water partition coefficient (Wildman–Crippen LogP) is -0.931. The van der Waals surface area contributed by atoms with Crippen LogP contribution in [-0.4, -0.2) is 25.1 Å². The van der Waals surface area contributed by atoms with Crippen LogP contribution in [0, 0.1) is 0 Å². The van der Waals surface area contributed by atoms with Crippen LogP contribution in [0.3, 0.4) is 0 Å². The highest BCUT2D eigenvalue weighted by Gasteiger charge is 2.00. The average Bonchev–Trinajstić information content (AvgIpc) is 2.27. The first-order valence-electron chi connectivity index (χ1n) is 4.76. The third-order valence-corrected chi connectivity index (χ3v) is 1.79. The lowest BCUT2D eigenvalue weighted by molar-refractivity contribution is -0.309. The molecule has 86 valence electrons. The Morgan fingerprint density at radius 2 is 1.88 bits per heavy atom. The van der Waals surface area contributed by atoms with E-state index in [1.807, 2.05) is 30.3 Å². The Hall–Kier alpha value is -1.88. The molecule has 0 aliphatic heterocycles. The molecule has 0 unspecified atom stereocenters. The van der Waals surface area contributed by atoms with Crippen LogP contribution >= 0.6 is 0 Å². The average molecular weight is 222 g/mol. The Balaban J connectivity index is 2.18. The molecule has 1 amide bonds. The number of carboxylic acids is 1. The molecule has 0 aromatic heterocycles. The Labute approximate surface area is 93.0 Å². The van der Waals surface area contributed by atoms with Gasteiger partial charge in [0.05, 0.1) is 12.6 Å². The molecule has 0 heterocycles. The standard InChI is InChI=1S/C11H13NO4/c13-10(7-16-8-11(14)15)12-6-9-4-2-1-3-5-9/h1-5H,6-8H2,(H,12,13)(H,14,15)/p-1. The summed E-state index contributed by atoms with van der Waals surface area (Å²) in [6.07, 6.45) is 0. The number of hydrogen-bond acceptors (Lipinski definition) is 4. The van der Waals surface area contributed by atoms with Gasteiger partial charge in [0.15, 0.2) is 0 Å². The molecule has 0 saturated carbocycles. The van der Waals surface area contributed by atoms with E-state index >= 15 is 0 Å². The second kappa shape index (κ2) is 6.58. The van der Waals surface area contributed by atoms with Crippen LogP contribution in [0.2, 0.25) is 0 Å². The van der Waals surface area contributed by atoms with Gasteiger partial charge in [-0.15, -0.1) is 0 Å². The van der Waals surface area contributed by atoms with Crippen LogP contribution in [0.4, 0.5) is 0 Å². The van der Waals surface area contributed by atoms with Crippen molar-refractivity contribution in [3.63, 3.8) is 0 Å². The van der Waals surface area contributed by atoms with Gasteiger partial charge in [0.25, 0.3) is 0 Å². The molecule has 1 aromatic carbocycles. The number of aliphatic carboxylic acids is 1. The maximum absolute atomic E-state index is 11.1. The molecule has 1 rings (SSSR count). The summed E-state index contributed by atoms with van der Waals surface area (Å²) in [5.74, 6) is -1.69. The summed E-state index contributed by atoms with van der Waals surface area (Å²) in [7, 11) is 0. The highest BCUT2D eigenvalue weighted by molar-refractivity contribution is 5.77. The topological polar surface area (TPSA) is 78.5 Å². The molecule has 0 aliphatic carbocycles. The summed E-state index contributed by atoms with van der Waals surface area (Å²) in [5.41, 5.74) is 0.968. The van der Waals surface area contributed by atoms with E-state index in [2.05, 4.69) is 10.1 Å². The van der Waals surface area contributed by atoms with Crippen molar-refractivity contribution in [3.8, 4) is 0 Å². The van der Waals surface area contributed by atoms with Gasteiger partial charge in [-0.25, -0.2) is 0 Å². The number of nitrogens with one attached hydrogen (secondary N) is 1. The zero-order valence-corrected chi connectivity index (χ0v) is 8.64. The largest absolute Gasteiger partial charge is 0.548 e. The molecule has 5 nitrogen and oxygen atoms in total. The summed E-state index contributed by atoms with van der Waals surface area (Å²) in [6.45, 7) is -0.450. The monoisotopic (exact) mass is 222 g/mol. The molecule has 0 fully saturated rings. The van der Waals surface area contributed by atoms with Crippen molar-refractivity contribution in [1.82, 2.24) is 5.32 Å². The molecule has 0 aliphatic rings. The normalized spacial score (nSPS) is 9.75. The molecule has 0 bridgehead atoms. The van der Waals surface area contributed by atoms with Crippen molar-refractivity contribution in [2.45, 2.75) is 6.54 Å². The van der Waals surface area contributed by atoms with Crippen LogP contribution in [0.1, 0.15) is 5.56 Å². The number of carboxylic acid groups (broad SMARTS) is 1.